The first kappa shape index (κ1) is 14.2. The van der Waals surface area contributed by atoms with Gasteiger partial charge in [0.15, 0.2) is 0 Å². The van der Waals surface area contributed by atoms with Gasteiger partial charge in [0.1, 0.15) is 0 Å². The van der Waals surface area contributed by atoms with Gasteiger partial charge in [-0.15, -0.1) is 0 Å². The molecule has 17 heavy (non-hydrogen) atoms. The van der Waals surface area contributed by atoms with Gasteiger partial charge in [-0.25, -0.2) is 0 Å². The summed E-state index contributed by atoms with van der Waals surface area (Å²) in [6, 6.07) is 4.43. The van der Waals surface area contributed by atoms with Crippen molar-refractivity contribution in [2.24, 2.45) is 0 Å². The second kappa shape index (κ2) is 7.43. The highest BCUT2D eigenvalue weighted by molar-refractivity contribution is 5.37. The van der Waals surface area contributed by atoms with Gasteiger partial charge in [0, 0.05) is 13.1 Å². The van der Waals surface area contributed by atoms with Crippen molar-refractivity contribution in [2.75, 3.05) is 26.4 Å². The van der Waals surface area contributed by atoms with Crippen LogP contribution in [0, 0.1) is 20.8 Å². The van der Waals surface area contributed by atoms with Gasteiger partial charge in [-0.05, 0) is 37.5 Å². The van der Waals surface area contributed by atoms with Crippen molar-refractivity contribution < 1.29 is 9.84 Å². The van der Waals surface area contributed by atoms with Gasteiger partial charge in [0.05, 0.1) is 19.8 Å². The van der Waals surface area contributed by atoms with E-state index >= 15 is 0 Å². The summed E-state index contributed by atoms with van der Waals surface area (Å²) < 4.78 is 5.19. The van der Waals surface area contributed by atoms with Gasteiger partial charge in [0.2, 0.25) is 0 Å². The zero-order valence-corrected chi connectivity index (χ0v) is 11.0. The lowest BCUT2D eigenvalue weighted by molar-refractivity contribution is 0.0938. The van der Waals surface area contributed by atoms with Crippen molar-refractivity contribution >= 4 is 0 Å². The molecule has 0 bridgehead atoms. The molecule has 0 saturated heterocycles. The number of aliphatic hydroxyl groups excluding tert-OH is 1. The van der Waals surface area contributed by atoms with E-state index in [1.165, 1.54) is 22.3 Å². The van der Waals surface area contributed by atoms with E-state index in [0.717, 1.165) is 13.1 Å². The second-order valence-corrected chi connectivity index (χ2v) is 4.39. The molecule has 0 aliphatic carbocycles. The van der Waals surface area contributed by atoms with Crippen LogP contribution in [0.3, 0.4) is 0 Å². The fourth-order valence-corrected chi connectivity index (χ4v) is 2.01. The monoisotopic (exact) mass is 237 g/mol. The van der Waals surface area contributed by atoms with E-state index in [0.29, 0.717) is 13.2 Å². The molecule has 3 nitrogen and oxygen atoms in total. The molecule has 2 N–H and O–H groups in total. The summed E-state index contributed by atoms with van der Waals surface area (Å²) >= 11 is 0. The molecule has 0 saturated carbocycles. The Balaban J connectivity index is 2.36. The van der Waals surface area contributed by atoms with E-state index in [1.54, 1.807) is 0 Å². The highest BCUT2D eigenvalue weighted by Crippen LogP contribution is 2.15. The standard InChI is InChI=1S/C14H23NO2/c1-11-8-12(2)14(13(3)9-11)10-15-4-6-17-7-5-16/h8-9,15-16H,4-7,10H2,1-3H3. The molecule has 1 aromatic rings. The third kappa shape index (κ3) is 4.86. The van der Waals surface area contributed by atoms with Gasteiger partial charge < -0.3 is 15.2 Å². The van der Waals surface area contributed by atoms with E-state index in [2.05, 4.69) is 38.2 Å². The molecule has 1 aromatic carbocycles. The van der Waals surface area contributed by atoms with Gasteiger partial charge in [-0.2, -0.15) is 0 Å². The largest absolute Gasteiger partial charge is 0.394 e. The average molecular weight is 237 g/mol. The molecule has 0 aromatic heterocycles. The minimum atomic E-state index is 0.0934. The zero-order valence-electron chi connectivity index (χ0n) is 11.0. The van der Waals surface area contributed by atoms with E-state index in [1.807, 2.05) is 0 Å². The molecule has 3 heteroatoms. The number of rotatable bonds is 7. The Morgan fingerprint density at radius 3 is 2.35 bits per heavy atom. The van der Waals surface area contributed by atoms with E-state index < -0.39 is 0 Å². The van der Waals surface area contributed by atoms with Crippen molar-refractivity contribution in [2.45, 2.75) is 27.3 Å². The van der Waals surface area contributed by atoms with Crippen LogP contribution in [0.25, 0.3) is 0 Å². The fraction of sp³-hybridized carbons (Fsp3) is 0.571. The maximum absolute atomic E-state index is 8.55. The summed E-state index contributed by atoms with van der Waals surface area (Å²) in [5.41, 5.74) is 5.37. The normalized spacial score (nSPS) is 10.8. The van der Waals surface area contributed by atoms with Crippen LogP contribution in [-0.2, 0) is 11.3 Å². The number of ether oxygens (including phenoxy) is 1. The highest BCUT2D eigenvalue weighted by atomic mass is 16.5. The maximum Gasteiger partial charge on any atom is 0.0698 e. The van der Waals surface area contributed by atoms with Crippen molar-refractivity contribution in [3.8, 4) is 0 Å². The van der Waals surface area contributed by atoms with Crippen LogP contribution in [0.5, 0.6) is 0 Å². The minimum Gasteiger partial charge on any atom is -0.394 e. The zero-order chi connectivity index (χ0) is 12.7. The van der Waals surface area contributed by atoms with Crippen molar-refractivity contribution in [3.63, 3.8) is 0 Å². The molecule has 0 unspecified atom stereocenters. The maximum atomic E-state index is 8.55. The first-order chi connectivity index (χ1) is 8.15. The van der Waals surface area contributed by atoms with Crippen molar-refractivity contribution in [1.82, 2.24) is 5.32 Å². The minimum absolute atomic E-state index is 0.0934. The number of aryl methyl sites for hydroxylation is 3. The summed E-state index contributed by atoms with van der Waals surface area (Å²) in [6.07, 6.45) is 0. The lowest BCUT2D eigenvalue weighted by Crippen LogP contribution is -2.21. The number of benzene rings is 1. The Hall–Kier alpha value is -0.900. The summed E-state index contributed by atoms with van der Waals surface area (Å²) in [4.78, 5) is 0. The number of hydrogen-bond acceptors (Lipinski definition) is 3. The van der Waals surface area contributed by atoms with Crippen LogP contribution < -0.4 is 5.32 Å². The van der Waals surface area contributed by atoms with Crippen LogP contribution in [0.15, 0.2) is 12.1 Å². The lowest BCUT2D eigenvalue weighted by atomic mass is 10.00. The van der Waals surface area contributed by atoms with Gasteiger partial charge >= 0.3 is 0 Å². The highest BCUT2D eigenvalue weighted by Gasteiger charge is 2.02. The Labute approximate surface area is 104 Å². The van der Waals surface area contributed by atoms with E-state index in [9.17, 15) is 0 Å². The van der Waals surface area contributed by atoms with E-state index in [-0.39, 0.29) is 6.61 Å². The Bertz CT molecular complexity index is 327. The molecule has 0 aliphatic rings. The van der Waals surface area contributed by atoms with Crippen molar-refractivity contribution in [1.29, 1.82) is 0 Å². The van der Waals surface area contributed by atoms with Crippen LogP contribution >= 0.6 is 0 Å². The van der Waals surface area contributed by atoms with Gasteiger partial charge in [-0.3, -0.25) is 0 Å². The molecule has 0 amide bonds. The molecular formula is C14H23NO2. The molecule has 0 radical (unpaired) electrons. The molecule has 0 aliphatic heterocycles. The Kier molecular flexibility index (Phi) is 6.19. The van der Waals surface area contributed by atoms with Crippen LogP contribution in [0.2, 0.25) is 0 Å². The van der Waals surface area contributed by atoms with Gasteiger partial charge in [0.25, 0.3) is 0 Å². The number of nitrogens with one attached hydrogen (secondary N) is 1. The third-order valence-corrected chi connectivity index (χ3v) is 2.80. The summed E-state index contributed by atoms with van der Waals surface area (Å²) in [5, 5.41) is 11.9. The third-order valence-electron chi connectivity index (χ3n) is 2.80. The Morgan fingerprint density at radius 1 is 1.12 bits per heavy atom. The number of hydrogen-bond donors (Lipinski definition) is 2. The predicted molar refractivity (Wildman–Crippen MR) is 70.3 cm³/mol. The molecule has 0 fully saturated rings. The molecule has 0 spiro atoms. The summed E-state index contributed by atoms with van der Waals surface area (Å²) in [7, 11) is 0. The molecular weight excluding hydrogens is 214 g/mol. The fourth-order valence-electron chi connectivity index (χ4n) is 2.01. The molecule has 0 atom stereocenters. The van der Waals surface area contributed by atoms with Crippen LogP contribution in [-0.4, -0.2) is 31.5 Å². The average Bonchev–Trinajstić information content (AvgIpc) is 2.26. The topological polar surface area (TPSA) is 41.5 Å². The van der Waals surface area contributed by atoms with Crippen LogP contribution in [0.1, 0.15) is 22.3 Å². The SMILES string of the molecule is Cc1cc(C)c(CNCCOCCO)c(C)c1. The molecule has 96 valence electrons. The smallest absolute Gasteiger partial charge is 0.0698 e. The van der Waals surface area contributed by atoms with Gasteiger partial charge in [-0.1, -0.05) is 17.7 Å². The van der Waals surface area contributed by atoms with E-state index in [4.69, 9.17) is 9.84 Å². The Morgan fingerprint density at radius 2 is 1.76 bits per heavy atom. The van der Waals surface area contributed by atoms with Crippen LogP contribution in [0.4, 0.5) is 0 Å². The second-order valence-electron chi connectivity index (χ2n) is 4.39. The lowest BCUT2D eigenvalue weighted by Gasteiger charge is -2.12. The van der Waals surface area contributed by atoms with Crippen molar-refractivity contribution in [3.05, 3.63) is 34.4 Å². The summed E-state index contributed by atoms with van der Waals surface area (Å²) in [5.74, 6) is 0. The molecule has 1 rings (SSSR count). The number of aliphatic hydroxyl groups is 1. The first-order valence-electron chi connectivity index (χ1n) is 6.11. The predicted octanol–water partition coefficient (Wildman–Crippen LogP) is 1.71. The summed E-state index contributed by atoms with van der Waals surface area (Å²) in [6.45, 7) is 9.27. The quantitative estimate of drug-likeness (QED) is 0.709. The first-order valence-corrected chi connectivity index (χ1v) is 6.11. The molecule has 0 heterocycles.